The van der Waals surface area contributed by atoms with Gasteiger partial charge in [0.05, 0.1) is 5.92 Å². The lowest BCUT2D eigenvalue weighted by Gasteiger charge is -2.16. The second-order valence-corrected chi connectivity index (χ2v) is 5.18. The minimum Gasteiger partial charge on any atom is -0.481 e. The van der Waals surface area contributed by atoms with Gasteiger partial charge >= 0.3 is 5.97 Å². The second-order valence-electron chi connectivity index (χ2n) is 5.18. The van der Waals surface area contributed by atoms with E-state index in [1.54, 1.807) is 4.90 Å². The molecule has 0 aromatic heterocycles. The Morgan fingerprint density at radius 2 is 1.89 bits per heavy atom. The van der Waals surface area contributed by atoms with Crippen molar-refractivity contribution in [2.24, 2.45) is 11.8 Å². The Balaban J connectivity index is 2.10. The number of carbonyl (C=O) groups excluding carboxylic acids is 1. The molecule has 0 saturated carbocycles. The molecule has 4 heteroatoms. The molecule has 19 heavy (non-hydrogen) atoms. The molecule has 102 valence electrons. The third-order valence-electron chi connectivity index (χ3n) is 3.83. The molecule has 1 N–H and O–H groups in total. The van der Waals surface area contributed by atoms with Gasteiger partial charge in [0, 0.05) is 18.7 Å². The summed E-state index contributed by atoms with van der Waals surface area (Å²) in [7, 11) is 0. The lowest BCUT2D eigenvalue weighted by molar-refractivity contribution is -0.142. The number of carboxylic acids is 1. The van der Waals surface area contributed by atoms with Crippen LogP contribution in [0.3, 0.4) is 0 Å². The summed E-state index contributed by atoms with van der Waals surface area (Å²) in [6, 6.07) is 7.53. The normalized spacial score (nSPS) is 22.5. The average molecular weight is 261 g/mol. The predicted octanol–water partition coefficient (Wildman–Crippen LogP) is 2.04. The number of aliphatic carboxylic acids is 1. The van der Waals surface area contributed by atoms with E-state index in [1.807, 2.05) is 31.2 Å². The summed E-state index contributed by atoms with van der Waals surface area (Å²) in [5, 5.41) is 9.08. The van der Waals surface area contributed by atoms with Crippen molar-refractivity contribution in [3.8, 4) is 0 Å². The number of carboxylic acid groups (broad SMARTS) is 1. The summed E-state index contributed by atoms with van der Waals surface area (Å²) >= 11 is 0. The van der Waals surface area contributed by atoms with Crippen LogP contribution in [0.2, 0.25) is 0 Å². The number of hydrogen-bond donors (Lipinski definition) is 1. The number of rotatable bonds is 3. The molecule has 1 aromatic carbocycles. The van der Waals surface area contributed by atoms with Gasteiger partial charge in [0.25, 0.3) is 5.91 Å². The van der Waals surface area contributed by atoms with Crippen LogP contribution in [-0.4, -0.2) is 35.0 Å². The van der Waals surface area contributed by atoms with Crippen LogP contribution in [0.5, 0.6) is 0 Å². The van der Waals surface area contributed by atoms with Crippen molar-refractivity contribution in [1.29, 1.82) is 0 Å². The van der Waals surface area contributed by atoms with Crippen molar-refractivity contribution in [1.82, 2.24) is 4.90 Å². The molecule has 2 unspecified atom stereocenters. The first kappa shape index (κ1) is 13.6. The maximum Gasteiger partial charge on any atom is 0.308 e. The molecule has 0 radical (unpaired) electrons. The maximum absolute atomic E-state index is 12.3. The lowest BCUT2D eigenvalue weighted by atomic mass is 9.99. The fourth-order valence-electron chi connectivity index (χ4n) is 2.52. The van der Waals surface area contributed by atoms with E-state index in [2.05, 4.69) is 6.92 Å². The van der Waals surface area contributed by atoms with Crippen LogP contribution < -0.4 is 0 Å². The standard InChI is InChI=1S/C15H19NO3/c1-3-11-4-6-12(7-5-11)14(17)16-8-10(2)13(9-16)15(18)19/h4-7,10,13H,3,8-9H2,1-2H3,(H,18,19). The zero-order valence-corrected chi connectivity index (χ0v) is 11.3. The summed E-state index contributed by atoms with van der Waals surface area (Å²) in [5.41, 5.74) is 1.82. The van der Waals surface area contributed by atoms with Crippen molar-refractivity contribution in [3.63, 3.8) is 0 Å². The van der Waals surface area contributed by atoms with Crippen molar-refractivity contribution >= 4 is 11.9 Å². The van der Waals surface area contributed by atoms with Gasteiger partial charge in [-0.05, 0) is 30.0 Å². The Morgan fingerprint density at radius 3 is 2.37 bits per heavy atom. The van der Waals surface area contributed by atoms with Gasteiger partial charge in [0.1, 0.15) is 0 Å². The molecule has 1 amide bonds. The highest BCUT2D eigenvalue weighted by Gasteiger charge is 2.37. The lowest BCUT2D eigenvalue weighted by Crippen LogP contribution is -2.29. The van der Waals surface area contributed by atoms with Gasteiger partial charge in [-0.3, -0.25) is 9.59 Å². The van der Waals surface area contributed by atoms with Crippen LogP contribution in [0, 0.1) is 11.8 Å². The van der Waals surface area contributed by atoms with E-state index in [1.165, 1.54) is 5.56 Å². The third-order valence-corrected chi connectivity index (χ3v) is 3.83. The molecule has 1 fully saturated rings. The van der Waals surface area contributed by atoms with Gasteiger partial charge in [-0.25, -0.2) is 0 Å². The Labute approximate surface area is 113 Å². The maximum atomic E-state index is 12.3. The molecule has 1 aliphatic rings. The molecule has 1 heterocycles. The largest absolute Gasteiger partial charge is 0.481 e. The molecule has 0 aliphatic carbocycles. The highest BCUT2D eigenvalue weighted by molar-refractivity contribution is 5.94. The number of likely N-dealkylation sites (tertiary alicyclic amines) is 1. The van der Waals surface area contributed by atoms with E-state index < -0.39 is 11.9 Å². The molecule has 1 aromatic rings. The van der Waals surface area contributed by atoms with E-state index in [0.29, 0.717) is 18.7 Å². The number of nitrogens with zero attached hydrogens (tertiary/aromatic N) is 1. The first-order valence-electron chi connectivity index (χ1n) is 6.64. The predicted molar refractivity (Wildman–Crippen MR) is 72.0 cm³/mol. The van der Waals surface area contributed by atoms with Crippen LogP contribution >= 0.6 is 0 Å². The number of carbonyl (C=O) groups is 2. The molecule has 2 rings (SSSR count). The molecule has 1 saturated heterocycles. The first-order chi connectivity index (χ1) is 9.02. The topological polar surface area (TPSA) is 57.6 Å². The van der Waals surface area contributed by atoms with Gasteiger partial charge < -0.3 is 10.0 Å². The van der Waals surface area contributed by atoms with Gasteiger partial charge in [0.15, 0.2) is 0 Å². The van der Waals surface area contributed by atoms with Crippen LogP contribution in [0.25, 0.3) is 0 Å². The smallest absolute Gasteiger partial charge is 0.308 e. The summed E-state index contributed by atoms with van der Waals surface area (Å²) in [5.74, 6) is -1.32. The minimum absolute atomic E-state index is 0.0105. The van der Waals surface area contributed by atoms with Crippen LogP contribution in [0.15, 0.2) is 24.3 Å². The van der Waals surface area contributed by atoms with E-state index in [4.69, 9.17) is 5.11 Å². The SMILES string of the molecule is CCc1ccc(C(=O)N2CC(C)C(C(=O)O)C2)cc1. The zero-order valence-electron chi connectivity index (χ0n) is 11.3. The van der Waals surface area contributed by atoms with Crippen molar-refractivity contribution < 1.29 is 14.7 Å². The number of hydrogen-bond acceptors (Lipinski definition) is 2. The van der Waals surface area contributed by atoms with Gasteiger partial charge in [-0.2, -0.15) is 0 Å². The summed E-state index contributed by atoms with van der Waals surface area (Å²) in [6.45, 7) is 4.78. The van der Waals surface area contributed by atoms with E-state index in [0.717, 1.165) is 6.42 Å². The Kier molecular flexibility index (Phi) is 3.88. The molecule has 0 bridgehead atoms. The highest BCUT2D eigenvalue weighted by Crippen LogP contribution is 2.24. The molecule has 4 nitrogen and oxygen atoms in total. The molecular weight excluding hydrogens is 242 g/mol. The van der Waals surface area contributed by atoms with Crippen molar-refractivity contribution in [2.45, 2.75) is 20.3 Å². The highest BCUT2D eigenvalue weighted by atomic mass is 16.4. The summed E-state index contributed by atoms with van der Waals surface area (Å²) < 4.78 is 0. The number of amides is 1. The van der Waals surface area contributed by atoms with Gasteiger partial charge in [-0.1, -0.05) is 26.0 Å². The third kappa shape index (κ3) is 2.78. The van der Waals surface area contributed by atoms with E-state index in [-0.39, 0.29) is 11.8 Å². The van der Waals surface area contributed by atoms with E-state index in [9.17, 15) is 9.59 Å². The minimum atomic E-state index is -0.816. The Hall–Kier alpha value is -1.84. The number of benzene rings is 1. The fraction of sp³-hybridized carbons (Fsp3) is 0.467. The average Bonchev–Trinajstić information content (AvgIpc) is 2.80. The monoisotopic (exact) mass is 261 g/mol. The molecular formula is C15H19NO3. The summed E-state index contributed by atoms with van der Waals surface area (Å²) in [4.78, 5) is 25.0. The van der Waals surface area contributed by atoms with Crippen molar-refractivity contribution in [2.75, 3.05) is 13.1 Å². The Morgan fingerprint density at radius 1 is 1.26 bits per heavy atom. The van der Waals surface area contributed by atoms with Crippen LogP contribution in [0.4, 0.5) is 0 Å². The quantitative estimate of drug-likeness (QED) is 0.905. The summed E-state index contributed by atoms with van der Waals surface area (Å²) in [6.07, 6.45) is 0.941. The van der Waals surface area contributed by atoms with Crippen LogP contribution in [0.1, 0.15) is 29.8 Å². The zero-order chi connectivity index (χ0) is 14.0. The molecule has 1 aliphatic heterocycles. The van der Waals surface area contributed by atoms with Crippen LogP contribution in [-0.2, 0) is 11.2 Å². The Bertz CT molecular complexity index is 481. The first-order valence-corrected chi connectivity index (χ1v) is 6.64. The fourth-order valence-corrected chi connectivity index (χ4v) is 2.52. The molecule has 0 spiro atoms. The second kappa shape index (κ2) is 5.43. The van der Waals surface area contributed by atoms with E-state index >= 15 is 0 Å². The number of aryl methyl sites for hydroxylation is 1. The van der Waals surface area contributed by atoms with Gasteiger partial charge in [0.2, 0.25) is 0 Å². The molecule has 2 atom stereocenters. The van der Waals surface area contributed by atoms with Gasteiger partial charge in [-0.15, -0.1) is 0 Å². The van der Waals surface area contributed by atoms with Crippen molar-refractivity contribution in [3.05, 3.63) is 35.4 Å².